The lowest BCUT2D eigenvalue weighted by molar-refractivity contribution is 0.138. The smallest absolute Gasteiger partial charge is 0.317 e. The molecule has 6 heteroatoms. The van der Waals surface area contributed by atoms with E-state index < -0.39 is 0 Å². The predicted molar refractivity (Wildman–Crippen MR) is 110 cm³/mol. The lowest BCUT2D eigenvalue weighted by Gasteiger charge is -2.47. The van der Waals surface area contributed by atoms with Crippen molar-refractivity contribution in [2.45, 2.75) is 97.3 Å². The van der Waals surface area contributed by atoms with Crippen LogP contribution in [0.15, 0.2) is 0 Å². The number of hydrogen-bond donors (Lipinski definition) is 2. The monoisotopic (exact) mass is 380 g/mol. The Kier molecular flexibility index (Phi) is 6.08. The van der Waals surface area contributed by atoms with E-state index in [0.717, 1.165) is 23.5 Å². The number of urea groups is 1. The molecule has 0 saturated carbocycles. The molecule has 2 heterocycles. The second-order valence-electron chi connectivity index (χ2n) is 9.39. The standard InChI is InChI=1S/C20H36N4OS/c1-12(2)17-21-13(3)16(26-17)14(4)24(9)18(25)22-15-10-19(5,6)23-20(7,8)11-15/h12,14-15,23H,10-11H2,1-9H3,(H,22,25). The normalized spacial score (nSPS) is 20.8. The largest absolute Gasteiger partial charge is 0.335 e. The van der Waals surface area contributed by atoms with Gasteiger partial charge in [-0.3, -0.25) is 0 Å². The zero-order valence-electron chi connectivity index (χ0n) is 17.9. The number of amides is 2. The average Bonchev–Trinajstić information content (AvgIpc) is 2.84. The highest BCUT2D eigenvalue weighted by Crippen LogP contribution is 2.32. The predicted octanol–water partition coefficient (Wildman–Crippen LogP) is 4.59. The van der Waals surface area contributed by atoms with Crippen molar-refractivity contribution in [3.05, 3.63) is 15.6 Å². The molecule has 148 valence electrons. The van der Waals surface area contributed by atoms with Crippen molar-refractivity contribution in [3.8, 4) is 0 Å². The summed E-state index contributed by atoms with van der Waals surface area (Å²) in [5.74, 6) is 0.415. The van der Waals surface area contributed by atoms with Gasteiger partial charge in [-0.1, -0.05) is 13.8 Å². The van der Waals surface area contributed by atoms with E-state index in [1.165, 1.54) is 4.88 Å². The summed E-state index contributed by atoms with van der Waals surface area (Å²) in [6.45, 7) is 17.2. The Morgan fingerprint density at radius 2 is 1.77 bits per heavy atom. The summed E-state index contributed by atoms with van der Waals surface area (Å²) in [5.41, 5.74) is 1.07. The van der Waals surface area contributed by atoms with Gasteiger partial charge in [-0.15, -0.1) is 11.3 Å². The van der Waals surface area contributed by atoms with Crippen LogP contribution in [0, 0.1) is 6.92 Å². The van der Waals surface area contributed by atoms with E-state index >= 15 is 0 Å². The molecule has 0 bridgehead atoms. The molecule has 1 fully saturated rings. The quantitative estimate of drug-likeness (QED) is 0.803. The van der Waals surface area contributed by atoms with Crippen LogP contribution >= 0.6 is 11.3 Å². The molecule has 0 spiro atoms. The summed E-state index contributed by atoms with van der Waals surface area (Å²) in [6.07, 6.45) is 1.86. The molecule has 2 amide bonds. The van der Waals surface area contributed by atoms with Crippen molar-refractivity contribution in [1.29, 1.82) is 0 Å². The second kappa shape index (κ2) is 7.47. The van der Waals surface area contributed by atoms with Gasteiger partial charge in [0.15, 0.2) is 0 Å². The van der Waals surface area contributed by atoms with E-state index in [-0.39, 0.29) is 29.2 Å². The van der Waals surface area contributed by atoms with Crippen LogP contribution in [-0.2, 0) is 0 Å². The van der Waals surface area contributed by atoms with Crippen molar-refractivity contribution in [2.24, 2.45) is 0 Å². The van der Waals surface area contributed by atoms with E-state index in [2.05, 4.69) is 64.1 Å². The zero-order chi connectivity index (χ0) is 19.9. The molecule has 2 N–H and O–H groups in total. The summed E-state index contributed by atoms with van der Waals surface area (Å²) >= 11 is 1.72. The SMILES string of the molecule is Cc1nc(C(C)C)sc1C(C)N(C)C(=O)NC1CC(C)(C)NC(C)(C)C1. The van der Waals surface area contributed by atoms with Crippen molar-refractivity contribution >= 4 is 17.4 Å². The Morgan fingerprint density at radius 3 is 2.23 bits per heavy atom. The van der Waals surface area contributed by atoms with Gasteiger partial charge in [0.25, 0.3) is 0 Å². The molecule has 26 heavy (non-hydrogen) atoms. The maximum absolute atomic E-state index is 12.9. The number of nitrogens with zero attached hydrogens (tertiary/aromatic N) is 2. The molecule has 0 radical (unpaired) electrons. The van der Waals surface area contributed by atoms with E-state index in [1.54, 1.807) is 11.3 Å². The summed E-state index contributed by atoms with van der Waals surface area (Å²) in [4.78, 5) is 20.5. The lowest BCUT2D eigenvalue weighted by Crippen LogP contribution is -2.62. The summed E-state index contributed by atoms with van der Waals surface area (Å²) in [6, 6.07) is 0.190. The summed E-state index contributed by atoms with van der Waals surface area (Å²) in [7, 11) is 1.88. The molecule has 1 aromatic heterocycles. The minimum Gasteiger partial charge on any atom is -0.335 e. The Bertz CT molecular complexity index is 634. The molecule has 1 saturated heterocycles. The number of piperidine rings is 1. The van der Waals surface area contributed by atoms with Crippen LogP contribution in [0.2, 0.25) is 0 Å². The van der Waals surface area contributed by atoms with Gasteiger partial charge in [-0.2, -0.15) is 0 Å². The average molecular weight is 381 g/mol. The van der Waals surface area contributed by atoms with E-state index in [0.29, 0.717) is 5.92 Å². The second-order valence-corrected chi connectivity index (χ2v) is 10.5. The number of rotatable bonds is 4. The molecule has 1 atom stereocenters. The number of thiazole rings is 1. The zero-order valence-corrected chi connectivity index (χ0v) is 18.7. The molecule has 1 aliphatic heterocycles. The first-order valence-corrected chi connectivity index (χ1v) is 10.4. The van der Waals surface area contributed by atoms with Crippen molar-refractivity contribution in [2.75, 3.05) is 7.05 Å². The van der Waals surface area contributed by atoms with Gasteiger partial charge in [-0.25, -0.2) is 9.78 Å². The van der Waals surface area contributed by atoms with Crippen LogP contribution in [0.25, 0.3) is 0 Å². The van der Waals surface area contributed by atoms with Gasteiger partial charge >= 0.3 is 6.03 Å². The van der Waals surface area contributed by atoms with Crippen LogP contribution in [0.1, 0.15) is 88.8 Å². The van der Waals surface area contributed by atoms with Crippen molar-refractivity contribution < 1.29 is 4.79 Å². The minimum atomic E-state index is -0.00473. The van der Waals surface area contributed by atoms with Crippen LogP contribution in [0.4, 0.5) is 4.79 Å². The highest BCUT2D eigenvalue weighted by molar-refractivity contribution is 7.11. The third-order valence-corrected chi connectivity index (χ3v) is 6.77. The van der Waals surface area contributed by atoms with E-state index in [4.69, 9.17) is 0 Å². The molecule has 1 aromatic rings. The first-order chi connectivity index (χ1) is 11.8. The number of nitrogens with one attached hydrogen (secondary N) is 2. The summed E-state index contributed by atoms with van der Waals surface area (Å²) in [5, 5.41) is 8.06. The number of aryl methyl sites for hydroxylation is 1. The van der Waals surface area contributed by atoms with Gasteiger partial charge in [0.2, 0.25) is 0 Å². The minimum absolute atomic E-state index is 0.00473. The molecule has 5 nitrogen and oxygen atoms in total. The summed E-state index contributed by atoms with van der Waals surface area (Å²) < 4.78 is 0. The number of carbonyl (C=O) groups is 1. The highest BCUT2D eigenvalue weighted by atomic mass is 32.1. The van der Waals surface area contributed by atoms with Crippen LogP contribution in [-0.4, -0.2) is 40.1 Å². The fourth-order valence-corrected chi connectivity index (χ4v) is 5.28. The molecule has 2 rings (SSSR count). The third-order valence-electron chi connectivity index (χ3n) is 5.14. The maximum atomic E-state index is 12.9. The number of aromatic nitrogens is 1. The van der Waals surface area contributed by atoms with E-state index in [9.17, 15) is 4.79 Å². The fourth-order valence-electron chi connectivity index (χ4n) is 4.12. The molecule has 1 aliphatic rings. The molecule has 1 unspecified atom stereocenters. The van der Waals surface area contributed by atoms with Crippen LogP contribution in [0.5, 0.6) is 0 Å². The third kappa shape index (κ3) is 4.97. The lowest BCUT2D eigenvalue weighted by atomic mass is 9.79. The first kappa shape index (κ1) is 21.2. The van der Waals surface area contributed by atoms with E-state index in [1.807, 2.05) is 18.9 Å². The Morgan fingerprint density at radius 1 is 1.23 bits per heavy atom. The van der Waals surface area contributed by atoms with Crippen molar-refractivity contribution in [3.63, 3.8) is 0 Å². The van der Waals surface area contributed by atoms with Gasteiger partial charge in [0.1, 0.15) is 0 Å². The van der Waals surface area contributed by atoms with Crippen LogP contribution in [0.3, 0.4) is 0 Å². The van der Waals surface area contributed by atoms with Crippen molar-refractivity contribution in [1.82, 2.24) is 20.5 Å². The Labute approximate surface area is 163 Å². The molecular weight excluding hydrogens is 344 g/mol. The number of hydrogen-bond acceptors (Lipinski definition) is 4. The fraction of sp³-hybridized carbons (Fsp3) is 0.800. The topological polar surface area (TPSA) is 57.3 Å². The van der Waals surface area contributed by atoms with Crippen LogP contribution < -0.4 is 10.6 Å². The Hall–Kier alpha value is -1.14. The molecule has 0 aliphatic carbocycles. The Balaban J connectivity index is 2.07. The highest BCUT2D eigenvalue weighted by Gasteiger charge is 2.38. The van der Waals surface area contributed by atoms with Gasteiger partial charge in [-0.05, 0) is 54.4 Å². The first-order valence-electron chi connectivity index (χ1n) is 9.61. The maximum Gasteiger partial charge on any atom is 0.317 e. The number of carbonyl (C=O) groups excluding carboxylic acids is 1. The van der Waals surface area contributed by atoms with Gasteiger partial charge in [0, 0.05) is 35.0 Å². The van der Waals surface area contributed by atoms with Gasteiger partial charge < -0.3 is 15.5 Å². The molecule has 0 aromatic carbocycles. The molecular formula is C20H36N4OS. The van der Waals surface area contributed by atoms with Gasteiger partial charge in [0.05, 0.1) is 16.7 Å².